The number of hydrogen-bond acceptors (Lipinski definition) is 5. The minimum atomic E-state index is 0.547. The van der Waals surface area contributed by atoms with Crippen LogP contribution in [0, 0.1) is 0 Å². The average Bonchev–Trinajstić information content (AvgIpc) is 4.10. The van der Waals surface area contributed by atoms with Crippen molar-refractivity contribution in [3.05, 3.63) is 231 Å². The van der Waals surface area contributed by atoms with Crippen molar-refractivity contribution in [2.24, 2.45) is 0 Å². The van der Waals surface area contributed by atoms with E-state index in [1.807, 2.05) is 48.5 Å². The quantitative estimate of drug-likeness (QED) is 0.159. The van der Waals surface area contributed by atoms with Gasteiger partial charge in [-0.2, -0.15) is 0 Å². The maximum atomic E-state index is 7.05. The van der Waals surface area contributed by atoms with Gasteiger partial charge in [-0.1, -0.05) is 176 Å². The third kappa shape index (κ3) is 6.45. The van der Waals surface area contributed by atoms with Crippen molar-refractivity contribution in [1.29, 1.82) is 0 Å². The summed E-state index contributed by atoms with van der Waals surface area (Å²) < 4.78 is 16.1. The molecule has 69 heavy (non-hydrogen) atoms. The second-order valence-electron chi connectivity index (χ2n) is 17.5. The van der Waals surface area contributed by atoms with Gasteiger partial charge < -0.3 is 13.4 Å². The van der Waals surface area contributed by atoms with E-state index in [2.05, 4.69) is 187 Å². The number of para-hydroxylation sites is 3. The van der Waals surface area contributed by atoms with Gasteiger partial charge >= 0.3 is 0 Å². The van der Waals surface area contributed by atoms with Gasteiger partial charge in [0.15, 0.2) is 23.1 Å². The Hall–Kier alpha value is -9.39. The molecule has 0 saturated carbocycles. The molecule has 0 aliphatic heterocycles. The van der Waals surface area contributed by atoms with E-state index < -0.39 is 0 Å². The minimum Gasteiger partial charge on any atom is -0.456 e. The highest BCUT2D eigenvalue weighted by atomic mass is 16.3. The van der Waals surface area contributed by atoms with Crippen LogP contribution in [0.3, 0.4) is 0 Å². The lowest BCUT2D eigenvalue weighted by atomic mass is 9.96. The topological polar surface area (TPSA) is 69.9 Å². The van der Waals surface area contributed by atoms with Crippen LogP contribution in [-0.2, 0) is 0 Å². The van der Waals surface area contributed by atoms with Crippen LogP contribution < -0.4 is 0 Å². The van der Waals surface area contributed by atoms with E-state index in [4.69, 9.17) is 23.8 Å². The van der Waals surface area contributed by atoms with Crippen LogP contribution in [0.5, 0.6) is 0 Å². The third-order valence-electron chi connectivity index (χ3n) is 13.5. The van der Waals surface area contributed by atoms with Gasteiger partial charge in [-0.3, -0.25) is 0 Å². The molecule has 14 rings (SSSR count). The molecule has 6 nitrogen and oxygen atoms in total. The molecule has 0 unspecified atom stereocenters. The third-order valence-corrected chi connectivity index (χ3v) is 13.5. The first-order valence-electron chi connectivity index (χ1n) is 23.2. The summed E-state index contributed by atoms with van der Waals surface area (Å²) in [5.41, 5.74) is 15.6. The Morgan fingerprint density at radius 3 is 1.58 bits per heavy atom. The molecular weight excluding hydrogens is 845 g/mol. The summed E-state index contributed by atoms with van der Waals surface area (Å²) in [6.07, 6.45) is 0. The first-order chi connectivity index (χ1) is 34.2. The van der Waals surface area contributed by atoms with Gasteiger partial charge in [-0.05, 0) is 88.0 Å². The summed E-state index contributed by atoms with van der Waals surface area (Å²) in [5.74, 6) is 1.73. The summed E-state index contributed by atoms with van der Waals surface area (Å²) in [6, 6.07) is 80.3. The van der Waals surface area contributed by atoms with Gasteiger partial charge in [0, 0.05) is 49.0 Å². The van der Waals surface area contributed by atoms with Crippen molar-refractivity contribution in [1.82, 2.24) is 19.5 Å². The highest BCUT2D eigenvalue weighted by molar-refractivity contribution is 6.16. The fourth-order valence-electron chi connectivity index (χ4n) is 10.2. The van der Waals surface area contributed by atoms with E-state index in [9.17, 15) is 0 Å². The van der Waals surface area contributed by atoms with Crippen molar-refractivity contribution in [2.45, 2.75) is 0 Å². The normalized spacial score (nSPS) is 11.8. The lowest BCUT2D eigenvalue weighted by Crippen LogP contribution is -2.00. The molecule has 4 heterocycles. The first-order valence-corrected chi connectivity index (χ1v) is 23.2. The van der Waals surface area contributed by atoms with Crippen LogP contribution in [0.4, 0.5) is 0 Å². The molecule has 0 amide bonds. The Morgan fingerprint density at radius 1 is 0.290 bits per heavy atom. The van der Waals surface area contributed by atoms with Crippen LogP contribution >= 0.6 is 0 Å². The van der Waals surface area contributed by atoms with Crippen LogP contribution in [0.2, 0.25) is 0 Å². The number of furan rings is 2. The Morgan fingerprint density at radius 2 is 0.826 bits per heavy atom. The van der Waals surface area contributed by atoms with Gasteiger partial charge in [0.1, 0.15) is 16.7 Å². The summed E-state index contributed by atoms with van der Waals surface area (Å²) >= 11 is 0. The molecule has 0 saturated heterocycles. The largest absolute Gasteiger partial charge is 0.456 e. The Kier molecular flexibility index (Phi) is 8.79. The van der Waals surface area contributed by atoms with E-state index in [0.29, 0.717) is 17.5 Å². The van der Waals surface area contributed by atoms with Crippen LogP contribution in [0.25, 0.3) is 139 Å². The summed E-state index contributed by atoms with van der Waals surface area (Å²) in [5, 5.41) is 6.53. The second-order valence-corrected chi connectivity index (χ2v) is 17.5. The highest BCUT2D eigenvalue weighted by Gasteiger charge is 2.22. The zero-order valence-corrected chi connectivity index (χ0v) is 37.0. The minimum absolute atomic E-state index is 0.547. The molecule has 10 aromatic carbocycles. The average molecular weight is 883 g/mol. The van der Waals surface area contributed by atoms with Crippen molar-refractivity contribution in [2.75, 3.05) is 0 Å². The van der Waals surface area contributed by atoms with Crippen LogP contribution in [0.15, 0.2) is 239 Å². The van der Waals surface area contributed by atoms with E-state index >= 15 is 0 Å². The van der Waals surface area contributed by atoms with E-state index in [-0.39, 0.29) is 0 Å². The summed E-state index contributed by atoms with van der Waals surface area (Å²) in [7, 11) is 0. The molecule has 0 N–H and O–H groups in total. The van der Waals surface area contributed by atoms with Crippen LogP contribution in [-0.4, -0.2) is 19.5 Å². The standard InChI is InChI=1S/C63H38N4O2/c1-4-15-39(16-5-1)41-27-29-43(30-28-41)62-64-61(42-19-8-3-9-20-42)65-63(66-62)46-36-51(59-50-22-11-13-26-56(50)68-58(59)38-46)45-31-33-48-49-23-14-25-55(60(49)69-57(48)37-45)67-53-24-12-10-21-47(53)52-35-44(32-34-54(52)67)40-17-6-2-7-18-40/h1-38H. The van der Waals surface area contributed by atoms with Crippen molar-refractivity contribution < 1.29 is 8.83 Å². The predicted octanol–water partition coefficient (Wildman–Crippen LogP) is 16.8. The van der Waals surface area contributed by atoms with E-state index in [1.165, 1.54) is 21.9 Å². The van der Waals surface area contributed by atoms with Gasteiger partial charge in [0.25, 0.3) is 0 Å². The van der Waals surface area contributed by atoms with Gasteiger partial charge in [0.05, 0.1) is 16.7 Å². The molecule has 6 heteroatoms. The fourth-order valence-corrected chi connectivity index (χ4v) is 10.2. The molecule has 14 aromatic rings. The molecule has 0 spiro atoms. The lowest BCUT2D eigenvalue weighted by Gasteiger charge is -2.11. The molecular formula is C63H38N4O2. The van der Waals surface area contributed by atoms with Gasteiger partial charge in [-0.25, -0.2) is 15.0 Å². The van der Waals surface area contributed by atoms with Gasteiger partial charge in [-0.15, -0.1) is 0 Å². The number of hydrogen-bond donors (Lipinski definition) is 0. The zero-order valence-electron chi connectivity index (χ0n) is 37.0. The van der Waals surface area contributed by atoms with Crippen molar-refractivity contribution in [3.8, 4) is 73.2 Å². The number of benzene rings is 10. The molecule has 0 radical (unpaired) electrons. The number of nitrogens with zero attached hydrogens (tertiary/aromatic N) is 4. The smallest absolute Gasteiger partial charge is 0.164 e. The Labute approximate surface area is 396 Å². The monoisotopic (exact) mass is 882 g/mol. The maximum Gasteiger partial charge on any atom is 0.164 e. The molecule has 0 fully saturated rings. The predicted molar refractivity (Wildman–Crippen MR) is 281 cm³/mol. The molecule has 4 aromatic heterocycles. The van der Waals surface area contributed by atoms with Crippen molar-refractivity contribution >= 4 is 65.7 Å². The van der Waals surface area contributed by atoms with E-state index in [1.54, 1.807) is 0 Å². The van der Waals surface area contributed by atoms with Crippen LogP contribution in [0.1, 0.15) is 0 Å². The molecule has 0 atom stereocenters. The number of aromatic nitrogens is 4. The Bertz CT molecular complexity index is 4290. The SMILES string of the molecule is c1ccc(-c2ccc(-c3nc(-c4ccccc4)nc(-c4cc(-c5ccc6c(c5)oc5c(-n7c8ccccc8c8cc(-c9ccccc9)ccc87)cccc56)c5c(c4)oc4ccccc45)n3)cc2)cc1. The van der Waals surface area contributed by atoms with E-state index in [0.717, 1.165) is 99.5 Å². The summed E-state index contributed by atoms with van der Waals surface area (Å²) in [6.45, 7) is 0. The molecule has 0 bridgehead atoms. The van der Waals surface area contributed by atoms with Crippen molar-refractivity contribution in [3.63, 3.8) is 0 Å². The molecule has 322 valence electrons. The second kappa shape index (κ2) is 15.6. The first kappa shape index (κ1) is 38.8. The number of rotatable bonds is 7. The molecule has 0 aliphatic rings. The number of fused-ring (bicyclic) bond motifs is 9. The Balaban J connectivity index is 0.938. The highest BCUT2D eigenvalue weighted by Crippen LogP contribution is 2.44. The fraction of sp³-hybridized carbons (Fsp3) is 0. The maximum absolute atomic E-state index is 7.05. The summed E-state index contributed by atoms with van der Waals surface area (Å²) in [4.78, 5) is 15.4. The lowest BCUT2D eigenvalue weighted by molar-refractivity contribution is 0.666. The zero-order chi connectivity index (χ0) is 45.4. The molecule has 0 aliphatic carbocycles. The van der Waals surface area contributed by atoms with Gasteiger partial charge in [0.2, 0.25) is 0 Å².